The molecule has 9 aromatic rings. The van der Waals surface area contributed by atoms with Gasteiger partial charge in [0.05, 0.1) is 5.70 Å². The van der Waals surface area contributed by atoms with Crippen molar-refractivity contribution in [2.75, 3.05) is 0 Å². The predicted octanol–water partition coefficient (Wildman–Crippen LogP) is 14.3. The number of hydrogen-bond acceptors (Lipinski definition) is 1. The molecule has 0 atom stereocenters. The lowest BCUT2D eigenvalue weighted by atomic mass is 9.81. The first-order chi connectivity index (χ1) is 28.9. The number of benzene rings is 9. The molecule has 1 aliphatic rings. The van der Waals surface area contributed by atoms with E-state index in [1.54, 1.807) is 0 Å². The summed E-state index contributed by atoms with van der Waals surface area (Å²) in [6, 6.07) is 71.8. The maximum atomic E-state index is 6.91. The van der Waals surface area contributed by atoms with Crippen LogP contribution in [-0.2, 0) is 11.8 Å². The van der Waals surface area contributed by atoms with Gasteiger partial charge in [-0.2, -0.15) is 0 Å². The van der Waals surface area contributed by atoms with Gasteiger partial charge in [0.1, 0.15) is 5.84 Å². The average Bonchev–Trinajstić information content (AvgIpc) is 3.51. The fourth-order valence-corrected chi connectivity index (χ4v) is 8.96. The molecule has 2 N–H and O–H groups in total. The molecule has 59 heavy (non-hydrogen) atoms. The van der Waals surface area contributed by atoms with Gasteiger partial charge in [0.2, 0.25) is 0 Å². The summed E-state index contributed by atoms with van der Waals surface area (Å²) in [6.45, 7) is 4.73. The molecule has 9 aromatic carbocycles. The lowest BCUT2D eigenvalue weighted by Crippen LogP contribution is -2.15. The second kappa shape index (κ2) is 14.9. The minimum absolute atomic E-state index is 0.125. The fourth-order valence-electron chi connectivity index (χ4n) is 8.96. The van der Waals surface area contributed by atoms with Crippen LogP contribution in [0.1, 0.15) is 41.7 Å². The van der Waals surface area contributed by atoms with Gasteiger partial charge in [-0.05, 0) is 107 Å². The zero-order chi connectivity index (χ0) is 39.9. The van der Waals surface area contributed by atoms with Crippen molar-refractivity contribution >= 4 is 33.1 Å². The highest BCUT2D eigenvalue weighted by molar-refractivity contribution is 6.06. The lowest BCUT2D eigenvalue weighted by molar-refractivity contribution is 0.661. The van der Waals surface area contributed by atoms with Crippen LogP contribution < -0.4 is 5.73 Å². The monoisotopic (exact) mass is 756 g/mol. The summed E-state index contributed by atoms with van der Waals surface area (Å²) in [4.78, 5) is 5.24. The molecule has 0 aliphatic heterocycles. The Morgan fingerprint density at radius 1 is 0.475 bits per heavy atom. The Labute approximate surface area is 346 Å². The second-order valence-electron chi connectivity index (χ2n) is 16.1. The number of hydrogen-bond donors (Lipinski definition) is 1. The third kappa shape index (κ3) is 6.73. The summed E-state index contributed by atoms with van der Waals surface area (Å²) in [5.41, 5.74) is 23.3. The average molecular weight is 757 g/mol. The van der Waals surface area contributed by atoms with Crippen molar-refractivity contribution < 1.29 is 0 Å². The van der Waals surface area contributed by atoms with Gasteiger partial charge in [0, 0.05) is 16.5 Å². The van der Waals surface area contributed by atoms with Crippen LogP contribution in [0, 0.1) is 0 Å². The predicted molar refractivity (Wildman–Crippen MR) is 251 cm³/mol. The van der Waals surface area contributed by atoms with Crippen LogP contribution in [0.25, 0.3) is 71.7 Å². The van der Waals surface area contributed by atoms with E-state index in [4.69, 9.17) is 10.7 Å². The topological polar surface area (TPSA) is 38.4 Å². The maximum absolute atomic E-state index is 6.91. The SMILES string of the molecule is CC1(C)c2cc(-c3ccc(/C(=C/Cc4cccc(-c5ccccc5)c4)N=C(N)c4ccc(-c5ccccc5)cc4)c4ccccc34)ccc2-c2cc3ccccc3cc21. The Kier molecular flexibility index (Phi) is 9.11. The molecule has 0 heterocycles. The van der Waals surface area contributed by atoms with E-state index in [0.29, 0.717) is 12.3 Å². The van der Waals surface area contributed by atoms with Crippen molar-refractivity contribution in [2.45, 2.75) is 25.7 Å². The smallest absolute Gasteiger partial charge is 0.131 e. The number of allylic oxidation sites excluding steroid dienone is 1. The molecule has 0 aromatic heterocycles. The molecule has 1 aliphatic carbocycles. The minimum Gasteiger partial charge on any atom is -0.383 e. The number of fused-ring (bicyclic) bond motifs is 5. The second-order valence-corrected chi connectivity index (χ2v) is 16.1. The van der Waals surface area contributed by atoms with Crippen LogP contribution in [0.3, 0.4) is 0 Å². The third-order valence-electron chi connectivity index (χ3n) is 12.1. The van der Waals surface area contributed by atoms with Gasteiger partial charge in [-0.15, -0.1) is 0 Å². The van der Waals surface area contributed by atoms with Gasteiger partial charge >= 0.3 is 0 Å². The van der Waals surface area contributed by atoms with Crippen LogP contribution in [0.5, 0.6) is 0 Å². The molecule has 282 valence electrons. The maximum Gasteiger partial charge on any atom is 0.131 e. The van der Waals surface area contributed by atoms with Gasteiger partial charge < -0.3 is 5.73 Å². The van der Waals surface area contributed by atoms with E-state index in [0.717, 1.165) is 27.8 Å². The van der Waals surface area contributed by atoms with Crippen LogP contribution in [-0.4, -0.2) is 5.84 Å². The van der Waals surface area contributed by atoms with Gasteiger partial charge in [0.25, 0.3) is 0 Å². The molecule has 0 spiro atoms. The zero-order valence-electron chi connectivity index (χ0n) is 33.4. The van der Waals surface area contributed by atoms with E-state index in [1.165, 1.54) is 71.8 Å². The fraction of sp³-hybridized carbons (Fsp3) is 0.0702. The first kappa shape index (κ1) is 36.1. The number of rotatable bonds is 8. The highest BCUT2D eigenvalue weighted by atomic mass is 14.9. The summed E-state index contributed by atoms with van der Waals surface area (Å²) in [5.74, 6) is 0.482. The Bertz CT molecular complexity index is 3080. The Morgan fingerprint density at radius 2 is 1.05 bits per heavy atom. The molecule has 0 amide bonds. The molecular weight excluding hydrogens is 713 g/mol. The van der Waals surface area contributed by atoms with Gasteiger partial charge in [-0.3, -0.25) is 0 Å². The highest BCUT2D eigenvalue weighted by Gasteiger charge is 2.36. The molecule has 0 radical (unpaired) electrons. The highest BCUT2D eigenvalue weighted by Crippen LogP contribution is 2.51. The van der Waals surface area contributed by atoms with E-state index in [9.17, 15) is 0 Å². The van der Waals surface area contributed by atoms with Crippen LogP contribution >= 0.6 is 0 Å². The quantitative estimate of drug-likeness (QED) is 0.122. The number of nitrogens with two attached hydrogens (primary N) is 1. The summed E-state index contributed by atoms with van der Waals surface area (Å²) >= 11 is 0. The summed E-state index contributed by atoms with van der Waals surface area (Å²) in [6.07, 6.45) is 2.93. The first-order valence-electron chi connectivity index (χ1n) is 20.5. The van der Waals surface area contributed by atoms with Gasteiger partial charge in [-0.1, -0.05) is 202 Å². The van der Waals surface area contributed by atoms with Gasteiger partial charge in [0.15, 0.2) is 0 Å². The Balaban J connectivity index is 1.06. The summed E-state index contributed by atoms with van der Waals surface area (Å²) in [5, 5.41) is 4.89. The molecular formula is C57H44N2. The van der Waals surface area contributed by atoms with E-state index < -0.39 is 0 Å². The molecule has 0 saturated heterocycles. The molecule has 0 bridgehead atoms. The minimum atomic E-state index is -0.125. The van der Waals surface area contributed by atoms with Crippen LogP contribution in [0.2, 0.25) is 0 Å². The standard InChI is InChI=1S/C57H44N2/c1-57(2)53-37-46(29-30-50(53)52-35-44-19-9-10-20-45(44)36-54(52)57)47-31-32-51(49-23-12-11-22-48(47)49)55(33-24-38-14-13-21-43(34-38)40-17-7-4-8-18-40)59-56(58)42-27-25-41(26-28-42)39-15-5-3-6-16-39/h3-23,25-37H,24H2,1-2H3,(H2,58,59)/b55-33-. The number of amidine groups is 1. The zero-order valence-corrected chi connectivity index (χ0v) is 33.4. The molecule has 0 fully saturated rings. The van der Waals surface area contributed by atoms with Crippen molar-refractivity contribution in [1.82, 2.24) is 0 Å². The Hall–Kier alpha value is -7.29. The number of nitrogens with zero attached hydrogens (tertiary/aromatic N) is 1. The van der Waals surface area contributed by atoms with Crippen LogP contribution in [0.15, 0.2) is 211 Å². The largest absolute Gasteiger partial charge is 0.383 e. The van der Waals surface area contributed by atoms with Crippen LogP contribution in [0.4, 0.5) is 0 Å². The Morgan fingerprint density at radius 3 is 1.80 bits per heavy atom. The van der Waals surface area contributed by atoms with Gasteiger partial charge in [-0.25, -0.2) is 4.99 Å². The molecule has 2 heteroatoms. The molecule has 2 nitrogen and oxygen atoms in total. The van der Waals surface area contributed by atoms with E-state index in [2.05, 4.69) is 214 Å². The number of aliphatic imine (C=N–C) groups is 1. The molecule has 0 unspecified atom stereocenters. The van der Waals surface area contributed by atoms with Crippen molar-refractivity contribution in [2.24, 2.45) is 10.7 Å². The molecule has 10 rings (SSSR count). The van der Waals surface area contributed by atoms with E-state index in [-0.39, 0.29) is 5.41 Å². The normalized spacial score (nSPS) is 13.4. The van der Waals surface area contributed by atoms with E-state index >= 15 is 0 Å². The van der Waals surface area contributed by atoms with Crippen molar-refractivity contribution in [3.05, 3.63) is 234 Å². The summed E-state index contributed by atoms with van der Waals surface area (Å²) in [7, 11) is 0. The van der Waals surface area contributed by atoms with Crippen molar-refractivity contribution in [3.8, 4) is 44.5 Å². The van der Waals surface area contributed by atoms with Crippen molar-refractivity contribution in [3.63, 3.8) is 0 Å². The third-order valence-corrected chi connectivity index (χ3v) is 12.1. The summed E-state index contributed by atoms with van der Waals surface area (Å²) < 4.78 is 0. The lowest BCUT2D eigenvalue weighted by Gasteiger charge is -2.22. The first-order valence-corrected chi connectivity index (χ1v) is 20.5. The molecule has 0 saturated carbocycles. The van der Waals surface area contributed by atoms with Crippen molar-refractivity contribution in [1.29, 1.82) is 0 Å². The van der Waals surface area contributed by atoms with E-state index in [1.807, 2.05) is 6.07 Å².